The summed E-state index contributed by atoms with van der Waals surface area (Å²) in [6.07, 6.45) is 2.15. The fraction of sp³-hybridized carbons (Fsp3) is 0.412. The van der Waals surface area contributed by atoms with Crippen molar-refractivity contribution in [3.05, 3.63) is 29.8 Å². The van der Waals surface area contributed by atoms with Crippen molar-refractivity contribution in [1.82, 2.24) is 15.5 Å². The molecule has 0 saturated carbocycles. The number of amides is 2. The number of nitrogens with one attached hydrogen (secondary N) is 2. The molecule has 1 aromatic heterocycles. The predicted octanol–water partition coefficient (Wildman–Crippen LogP) is 2.19. The minimum atomic E-state index is -0.325. The van der Waals surface area contributed by atoms with Gasteiger partial charge in [0, 0.05) is 13.2 Å². The van der Waals surface area contributed by atoms with Crippen LogP contribution in [0.5, 0.6) is 5.75 Å². The van der Waals surface area contributed by atoms with Gasteiger partial charge in [-0.1, -0.05) is 35.2 Å². The van der Waals surface area contributed by atoms with E-state index >= 15 is 0 Å². The van der Waals surface area contributed by atoms with Crippen molar-refractivity contribution in [3.63, 3.8) is 0 Å². The molecule has 0 bridgehead atoms. The van der Waals surface area contributed by atoms with E-state index in [1.165, 1.54) is 30.2 Å². The van der Waals surface area contributed by atoms with Crippen LogP contribution in [0, 0.1) is 0 Å². The summed E-state index contributed by atoms with van der Waals surface area (Å²) in [6, 6.07) is 6.93. The maximum absolute atomic E-state index is 12.3. The van der Waals surface area contributed by atoms with Crippen LogP contribution >= 0.6 is 23.1 Å². The number of hydrogen-bond donors (Lipinski definition) is 2. The van der Waals surface area contributed by atoms with Crippen LogP contribution in [-0.4, -0.2) is 54.1 Å². The molecule has 1 aromatic carbocycles. The first-order chi connectivity index (χ1) is 13.2. The van der Waals surface area contributed by atoms with Crippen LogP contribution < -0.4 is 15.4 Å². The molecule has 1 aliphatic heterocycles. The van der Waals surface area contributed by atoms with E-state index in [1.54, 1.807) is 24.3 Å². The Kier molecular flexibility index (Phi) is 7.02. The van der Waals surface area contributed by atoms with E-state index < -0.39 is 0 Å². The summed E-state index contributed by atoms with van der Waals surface area (Å²) in [4.78, 5) is 24.2. The fourth-order valence-electron chi connectivity index (χ4n) is 2.53. The molecule has 3 rings (SSSR count). The third-order valence-electron chi connectivity index (χ3n) is 3.86. The normalized spacial score (nSPS) is 16.1. The molecule has 2 heterocycles. The van der Waals surface area contributed by atoms with Crippen LogP contribution in [0.25, 0.3) is 0 Å². The zero-order valence-corrected chi connectivity index (χ0v) is 16.4. The zero-order chi connectivity index (χ0) is 19.1. The minimum absolute atomic E-state index is 0.0784. The lowest BCUT2D eigenvalue weighted by Gasteiger charge is -2.09. The fourth-order valence-corrected chi connectivity index (χ4v) is 4.10. The lowest BCUT2D eigenvalue weighted by Crippen LogP contribution is -2.32. The molecule has 0 radical (unpaired) electrons. The lowest BCUT2D eigenvalue weighted by atomic mass is 10.2. The van der Waals surface area contributed by atoms with Gasteiger partial charge in [0.1, 0.15) is 5.75 Å². The first-order valence-corrected chi connectivity index (χ1v) is 10.2. The number of methoxy groups -OCH3 is 1. The van der Waals surface area contributed by atoms with Crippen molar-refractivity contribution in [2.24, 2.45) is 0 Å². The number of thioether (sulfide) groups is 1. The standard InChI is InChI=1S/C17H20N4O4S2/c1-24-13-7-3-2-6-12(13)15(23)19-16-20-21-17(27-16)26-10-14(22)18-9-11-5-4-8-25-11/h2-3,6-7,11H,4-5,8-10H2,1H3,(H,18,22)(H,19,20,23)/t11-/m0/s1. The van der Waals surface area contributed by atoms with Crippen LogP contribution in [0.3, 0.4) is 0 Å². The van der Waals surface area contributed by atoms with Crippen molar-refractivity contribution in [2.45, 2.75) is 23.3 Å². The molecular weight excluding hydrogens is 388 g/mol. The van der Waals surface area contributed by atoms with E-state index in [0.717, 1.165) is 19.4 Å². The number of hydrogen-bond acceptors (Lipinski definition) is 8. The maximum atomic E-state index is 12.3. The second-order valence-corrected chi connectivity index (χ2v) is 7.96. The predicted molar refractivity (Wildman–Crippen MR) is 104 cm³/mol. The number of anilines is 1. The summed E-state index contributed by atoms with van der Waals surface area (Å²) >= 11 is 2.50. The summed E-state index contributed by atoms with van der Waals surface area (Å²) in [5.41, 5.74) is 0.415. The molecule has 27 heavy (non-hydrogen) atoms. The summed E-state index contributed by atoms with van der Waals surface area (Å²) in [5, 5.41) is 13.9. The highest BCUT2D eigenvalue weighted by Gasteiger charge is 2.17. The van der Waals surface area contributed by atoms with E-state index in [-0.39, 0.29) is 23.7 Å². The van der Waals surface area contributed by atoms with Crippen LogP contribution in [0.1, 0.15) is 23.2 Å². The highest BCUT2D eigenvalue weighted by molar-refractivity contribution is 8.01. The van der Waals surface area contributed by atoms with Gasteiger partial charge in [-0.3, -0.25) is 14.9 Å². The second-order valence-electron chi connectivity index (χ2n) is 5.76. The number of ether oxygens (including phenoxy) is 2. The van der Waals surface area contributed by atoms with Crippen molar-refractivity contribution in [3.8, 4) is 5.75 Å². The number of carbonyl (C=O) groups excluding carboxylic acids is 2. The average molecular weight is 409 g/mol. The Morgan fingerprint density at radius 1 is 1.37 bits per heavy atom. The maximum Gasteiger partial charge on any atom is 0.261 e. The number of para-hydroxylation sites is 1. The van der Waals surface area contributed by atoms with Gasteiger partial charge in [0.2, 0.25) is 11.0 Å². The van der Waals surface area contributed by atoms with Crippen LogP contribution in [0.15, 0.2) is 28.6 Å². The van der Waals surface area contributed by atoms with E-state index in [0.29, 0.717) is 27.3 Å². The molecule has 0 spiro atoms. The molecule has 1 aliphatic rings. The highest BCUT2D eigenvalue weighted by atomic mass is 32.2. The number of carbonyl (C=O) groups is 2. The Bertz CT molecular complexity index is 793. The molecule has 1 saturated heterocycles. The zero-order valence-electron chi connectivity index (χ0n) is 14.8. The van der Waals surface area contributed by atoms with E-state index in [1.807, 2.05) is 0 Å². The highest BCUT2D eigenvalue weighted by Crippen LogP contribution is 2.26. The number of nitrogens with zero attached hydrogens (tertiary/aromatic N) is 2. The molecule has 2 N–H and O–H groups in total. The minimum Gasteiger partial charge on any atom is -0.496 e. The van der Waals surface area contributed by atoms with Crippen molar-refractivity contribution in [1.29, 1.82) is 0 Å². The largest absolute Gasteiger partial charge is 0.496 e. The van der Waals surface area contributed by atoms with Gasteiger partial charge in [0.25, 0.3) is 5.91 Å². The smallest absolute Gasteiger partial charge is 0.261 e. The molecule has 0 unspecified atom stereocenters. The molecule has 0 aliphatic carbocycles. The average Bonchev–Trinajstić information content (AvgIpc) is 3.36. The van der Waals surface area contributed by atoms with Gasteiger partial charge in [-0.05, 0) is 25.0 Å². The van der Waals surface area contributed by atoms with Crippen LogP contribution in [-0.2, 0) is 9.53 Å². The van der Waals surface area contributed by atoms with Crippen molar-refractivity contribution >= 4 is 40.0 Å². The first kappa shape index (κ1) is 19.6. The Labute approximate surface area is 165 Å². The van der Waals surface area contributed by atoms with Gasteiger partial charge in [0.05, 0.1) is 24.5 Å². The molecule has 8 nitrogen and oxygen atoms in total. The van der Waals surface area contributed by atoms with Crippen molar-refractivity contribution in [2.75, 3.05) is 31.3 Å². The molecule has 2 amide bonds. The third kappa shape index (κ3) is 5.65. The number of benzene rings is 1. The Morgan fingerprint density at radius 2 is 2.22 bits per heavy atom. The van der Waals surface area contributed by atoms with E-state index in [4.69, 9.17) is 9.47 Å². The van der Waals surface area contributed by atoms with Gasteiger partial charge in [0.15, 0.2) is 4.34 Å². The van der Waals surface area contributed by atoms with Gasteiger partial charge in [-0.2, -0.15) is 0 Å². The summed E-state index contributed by atoms with van der Waals surface area (Å²) < 4.78 is 11.3. The van der Waals surface area contributed by atoms with E-state index in [2.05, 4.69) is 20.8 Å². The third-order valence-corrected chi connectivity index (χ3v) is 5.83. The Morgan fingerprint density at radius 3 is 3.00 bits per heavy atom. The molecule has 1 atom stereocenters. The molecule has 144 valence electrons. The summed E-state index contributed by atoms with van der Waals surface area (Å²) in [5.74, 6) is 0.318. The van der Waals surface area contributed by atoms with E-state index in [9.17, 15) is 9.59 Å². The van der Waals surface area contributed by atoms with Gasteiger partial charge >= 0.3 is 0 Å². The Hall–Kier alpha value is -2.17. The van der Waals surface area contributed by atoms with Crippen molar-refractivity contribution < 1.29 is 19.1 Å². The molecule has 10 heteroatoms. The van der Waals surface area contributed by atoms with Crippen LogP contribution in [0.2, 0.25) is 0 Å². The quantitative estimate of drug-likeness (QED) is 0.510. The van der Waals surface area contributed by atoms with Gasteiger partial charge in [-0.25, -0.2) is 0 Å². The number of rotatable bonds is 8. The summed E-state index contributed by atoms with van der Waals surface area (Å²) in [6.45, 7) is 1.30. The van der Waals surface area contributed by atoms with Gasteiger partial charge in [-0.15, -0.1) is 10.2 Å². The monoisotopic (exact) mass is 408 g/mol. The second kappa shape index (κ2) is 9.67. The molecule has 2 aromatic rings. The Balaban J connectivity index is 1.46. The van der Waals surface area contributed by atoms with Gasteiger partial charge < -0.3 is 14.8 Å². The molecular formula is C17H20N4O4S2. The first-order valence-electron chi connectivity index (χ1n) is 8.44. The molecule has 1 fully saturated rings. The SMILES string of the molecule is COc1ccccc1C(=O)Nc1nnc(SCC(=O)NC[C@@H]2CCCO2)s1. The lowest BCUT2D eigenvalue weighted by molar-refractivity contribution is -0.119. The van der Waals surface area contributed by atoms with Crippen LogP contribution in [0.4, 0.5) is 5.13 Å². The topological polar surface area (TPSA) is 102 Å². The number of aromatic nitrogens is 2. The summed E-state index contributed by atoms with van der Waals surface area (Å²) in [7, 11) is 1.51.